The highest BCUT2D eigenvalue weighted by Crippen LogP contribution is 2.37. The first-order chi connectivity index (χ1) is 5.86. The van der Waals surface area contributed by atoms with E-state index in [2.05, 4.69) is 12.2 Å². The van der Waals surface area contributed by atoms with Gasteiger partial charge in [0.15, 0.2) is 0 Å². The lowest BCUT2D eigenvalue weighted by Gasteiger charge is -2.37. The number of hydrogen-bond acceptors (Lipinski definition) is 2. The van der Waals surface area contributed by atoms with Crippen molar-refractivity contribution in [2.24, 2.45) is 11.8 Å². The smallest absolute Gasteiger partial charge is 0.0620 e. The molecular formula is C10H19NO. The van der Waals surface area contributed by atoms with Crippen LogP contribution in [0.2, 0.25) is 0 Å². The number of nitrogens with one attached hydrogen (secondary N) is 1. The summed E-state index contributed by atoms with van der Waals surface area (Å²) in [6.45, 7) is 5.25. The van der Waals surface area contributed by atoms with Gasteiger partial charge in [-0.25, -0.2) is 0 Å². The van der Waals surface area contributed by atoms with Gasteiger partial charge < -0.3 is 10.1 Å². The summed E-state index contributed by atoms with van der Waals surface area (Å²) in [5, 5.41) is 3.51. The van der Waals surface area contributed by atoms with E-state index in [1.54, 1.807) is 0 Å². The van der Waals surface area contributed by atoms with Gasteiger partial charge in [0.25, 0.3) is 0 Å². The van der Waals surface area contributed by atoms with Gasteiger partial charge in [0.05, 0.1) is 13.2 Å². The zero-order valence-electron chi connectivity index (χ0n) is 7.88. The molecule has 1 aliphatic heterocycles. The van der Waals surface area contributed by atoms with E-state index in [-0.39, 0.29) is 0 Å². The molecular weight excluding hydrogens is 150 g/mol. The third kappa shape index (κ3) is 1.80. The fraction of sp³-hybridized carbons (Fsp3) is 1.00. The maximum Gasteiger partial charge on any atom is 0.0620 e. The third-order valence-electron chi connectivity index (χ3n) is 3.38. The quantitative estimate of drug-likeness (QED) is 0.675. The molecule has 12 heavy (non-hydrogen) atoms. The normalized spacial score (nSPS) is 42.2. The second-order valence-corrected chi connectivity index (χ2v) is 4.28. The highest BCUT2D eigenvalue weighted by Gasteiger charge is 2.29. The second-order valence-electron chi connectivity index (χ2n) is 4.28. The van der Waals surface area contributed by atoms with Gasteiger partial charge in [0.1, 0.15) is 0 Å². The van der Waals surface area contributed by atoms with Gasteiger partial charge >= 0.3 is 0 Å². The Balaban J connectivity index is 1.70. The van der Waals surface area contributed by atoms with Crippen molar-refractivity contribution < 1.29 is 4.74 Å². The maximum atomic E-state index is 5.42. The van der Waals surface area contributed by atoms with Crippen LogP contribution in [-0.4, -0.2) is 25.8 Å². The minimum Gasteiger partial charge on any atom is -0.379 e. The molecule has 3 atom stereocenters. The molecule has 0 aromatic rings. The number of hydrogen-bond donors (Lipinski definition) is 1. The summed E-state index contributed by atoms with van der Waals surface area (Å²) in [7, 11) is 0. The summed E-state index contributed by atoms with van der Waals surface area (Å²) in [5.74, 6) is 1.94. The first-order valence-corrected chi connectivity index (χ1v) is 5.17. The van der Waals surface area contributed by atoms with E-state index in [0.717, 1.165) is 31.6 Å². The molecule has 2 heteroatoms. The predicted octanol–water partition coefficient (Wildman–Crippen LogP) is 1.41. The van der Waals surface area contributed by atoms with E-state index < -0.39 is 0 Å². The average molecular weight is 169 g/mol. The van der Waals surface area contributed by atoms with Crippen LogP contribution < -0.4 is 5.32 Å². The summed E-state index contributed by atoms with van der Waals surface area (Å²) < 4.78 is 5.42. The van der Waals surface area contributed by atoms with E-state index in [9.17, 15) is 0 Å². The number of ether oxygens (including phenoxy) is 1. The summed E-state index contributed by atoms with van der Waals surface area (Å²) in [6.07, 6.45) is 4.22. The van der Waals surface area contributed by atoms with Gasteiger partial charge in [-0.1, -0.05) is 13.3 Å². The Kier molecular flexibility index (Phi) is 2.66. The van der Waals surface area contributed by atoms with Gasteiger partial charge in [-0.05, 0) is 24.7 Å². The molecule has 0 bridgehead atoms. The summed E-state index contributed by atoms with van der Waals surface area (Å²) in [5.41, 5.74) is 0. The van der Waals surface area contributed by atoms with Gasteiger partial charge in [-0.15, -0.1) is 0 Å². The van der Waals surface area contributed by atoms with E-state index in [1.165, 1.54) is 19.3 Å². The molecule has 2 fully saturated rings. The van der Waals surface area contributed by atoms with E-state index >= 15 is 0 Å². The minimum absolute atomic E-state index is 0.645. The van der Waals surface area contributed by atoms with E-state index in [4.69, 9.17) is 4.74 Å². The topological polar surface area (TPSA) is 21.3 Å². The number of morpholine rings is 1. The van der Waals surface area contributed by atoms with Crippen LogP contribution in [0.1, 0.15) is 26.2 Å². The number of rotatable bonds is 2. The maximum absolute atomic E-state index is 5.42. The van der Waals surface area contributed by atoms with Gasteiger partial charge in [0.2, 0.25) is 0 Å². The van der Waals surface area contributed by atoms with Crippen molar-refractivity contribution in [3.8, 4) is 0 Å². The Bertz CT molecular complexity index is 143. The summed E-state index contributed by atoms with van der Waals surface area (Å²) in [4.78, 5) is 0. The van der Waals surface area contributed by atoms with Crippen LogP contribution >= 0.6 is 0 Å². The molecule has 1 saturated carbocycles. The Morgan fingerprint density at radius 3 is 2.83 bits per heavy atom. The monoisotopic (exact) mass is 169 g/mol. The van der Waals surface area contributed by atoms with Crippen molar-refractivity contribution in [2.75, 3.05) is 19.8 Å². The van der Waals surface area contributed by atoms with Crippen LogP contribution in [0, 0.1) is 11.8 Å². The zero-order chi connectivity index (χ0) is 8.39. The second kappa shape index (κ2) is 3.75. The molecule has 1 N–H and O–H groups in total. The molecule has 1 heterocycles. The molecule has 2 nitrogen and oxygen atoms in total. The molecule has 0 aromatic carbocycles. The van der Waals surface area contributed by atoms with E-state index in [0.29, 0.717) is 6.04 Å². The van der Waals surface area contributed by atoms with Crippen LogP contribution in [0.25, 0.3) is 0 Å². The van der Waals surface area contributed by atoms with Crippen molar-refractivity contribution in [3.63, 3.8) is 0 Å². The first kappa shape index (κ1) is 8.52. The lowest BCUT2D eigenvalue weighted by molar-refractivity contribution is 0.0530. The SMILES string of the molecule is CC1CCC1C[C@@H]1COCCN1. The minimum atomic E-state index is 0.645. The molecule has 0 amide bonds. The highest BCUT2D eigenvalue weighted by molar-refractivity contribution is 4.83. The van der Waals surface area contributed by atoms with Crippen LogP contribution in [0.3, 0.4) is 0 Å². The predicted molar refractivity (Wildman–Crippen MR) is 49.1 cm³/mol. The highest BCUT2D eigenvalue weighted by atomic mass is 16.5. The van der Waals surface area contributed by atoms with Crippen molar-refractivity contribution in [1.29, 1.82) is 0 Å². The van der Waals surface area contributed by atoms with Crippen molar-refractivity contribution in [2.45, 2.75) is 32.2 Å². The Morgan fingerprint density at radius 2 is 2.33 bits per heavy atom. The van der Waals surface area contributed by atoms with Crippen molar-refractivity contribution >= 4 is 0 Å². The molecule has 1 aliphatic carbocycles. The molecule has 1 saturated heterocycles. The Labute approximate surface area is 74.7 Å². The summed E-state index contributed by atoms with van der Waals surface area (Å²) >= 11 is 0. The Morgan fingerprint density at radius 1 is 1.42 bits per heavy atom. The molecule has 0 aromatic heterocycles. The molecule has 2 unspecified atom stereocenters. The summed E-state index contributed by atoms with van der Waals surface area (Å²) in [6, 6.07) is 0.645. The Hall–Kier alpha value is -0.0800. The zero-order valence-corrected chi connectivity index (χ0v) is 7.88. The van der Waals surface area contributed by atoms with Gasteiger partial charge in [-0.2, -0.15) is 0 Å². The first-order valence-electron chi connectivity index (χ1n) is 5.17. The standard InChI is InChI=1S/C10H19NO/c1-8-2-3-9(8)6-10-7-12-5-4-11-10/h8-11H,2-7H2,1H3/t8?,9?,10-/m1/s1. The fourth-order valence-corrected chi connectivity index (χ4v) is 2.22. The molecule has 2 aliphatic rings. The van der Waals surface area contributed by atoms with E-state index in [1.807, 2.05) is 0 Å². The molecule has 70 valence electrons. The van der Waals surface area contributed by atoms with Crippen molar-refractivity contribution in [3.05, 3.63) is 0 Å². The van der Waals surface area contributed by atoms with Crippen molar-refractivity contribution in [1.82, 2.24) is 5.32 Å². The van der Waals surface area contributed by atoms with Crippen LogP contribution in [0.15, 0.2) is 0 Å². The lowest BCUT2D eigenvalue weighted by Crippen LogP contribution is -2.44. The van der Waals surface area contributed by atoms with Crippen LogP contribution in [0.4, 0.5) is 0 Å². The average Bonchev–Trinajstić information content (AvgIpc) is 2.14. The fourth-order valence-electron chi connectivity index (χ4n) is 2.22. The third-order valence-corrected chi connectivity index (χ3v) is 3.38. The van der Waals surface area contributed by atoms with Crippen LogP contribution in [-0.2, 0) is 4.74 Å². The van der Waals surface area contributed by atoms with Gasteiger partial charge in [-0.3, -0.25) is 0 Å². The largest absolute Gasteiger partial charge is 0.379 e. The van der Waals surface area contributed by atoms with Gasteiger partial charge in [0, 0.05) is 12.6 Å². The lowest BCUT2D eigenvalue weighted by atomic mass is 9.72. The molecule has 0 spiro atoms. The molecule has 2 rings (SSSR count). The van der Waals surface area contributed by atoms with Crippen LogP contribution in [0.5, 0.6) is 0 Å². The molecule has 0 radical (unpaired) electrons.